The third kappa shape index (κ3) is 7.46. The van der Waals surface area contributed by atoms with E-state index in [1.165, 1.54) is 5.56 Å². The summed E-state index contributed by atoms with van der Waals surface area (Å²) in [4.78, 5) is 17.9. The molecule has 0 saturated heterocycles. The number of carbonyl (C=O) groups is 1. The molecule has 3 heteroatoms. The van der Waals surface area contributed by atoms with E-state index >= 15 is 0 Å². The predicted octanol–water partition coefficient (Wildman–Crippen LogP) is 14.4. The van der Waals surface area contributed by atoms with Crippen LogP contribution in [0.15, 0.2) is 158 Å². The van der Waals surface area contributed by atoms with E-state index in [0.717, 1.165) is 76.5 Å². The van der Waals surface area contributed by atoms with Crippen molar-refractivity contribution in [2.45, 2.75) is 72.6 Å². The van der Waals surface area contributed by atoms with Gasteiger partial charge in [0.1, 0.15) is 0 Å². The number of ketones is 1. The Morgan fingerprint density at radius 1 is 0.423 bits per heavy atom. The van der Waals surface area contributed by atoms with Crippen molar-refractivity contribution in [3.8, 4) is 11.1 Å². The number of benzene rings is 6. The summed E-state index contributed by atoms with van der Waals surface area (Å²) < 4.78 is 0. The van der Waals surface area contributed by atoms with Crippen LogP contribution >= 0.6 is 0 Å². The molecule has 0 aliphatic heterocycles. The lowest BCUT2D eigenvalue weighted by Gasteiger charge is -2.29. The van der Waals surface area contributed by atoms with Gasteiger partial charge >= 0.3 is 0 Å². The van der Waals surface area contributed by atoms with Gasteiger partial charge in [-0.25, -0.2) is 0 Å². The summed E-state index contributed by atoms with van der Waals surface area (Å²) in [7, 11) is 0. The lowest BCUT2D eigenvalue weighted by atomic mass is 9.78. The molecule has 0 atom stereocenters. The predicted molar refractivity (Wildman–Crippen MR) is 222 cm³/mol. The fraction of sp³-hybridized carbons (Fsp3) is 0.245. The molecule has 6 aromatic carbocycles. The SMILES string of the molecule is CCC(C)(CC)C(=O)c1ccc(N(c2ccccc2)c2ccc(-c3ccc(N(c4ccccc4)c4ccc(C(C)(CC)CC)cc4)cc3)cc2)cc1. The summed E-state index contributed by atoms with van der Waals surface area (Å²) in [6, 6.07) is 55.8. The number of para-hydroxylation sites is 2. The normalized spacial score (nSPS) is 11.7. The molecule has 0 fully saturated rings. The van der Waals surface area contributed by atoms with Crippen LogP contribution in [0.1, 0.15) is 83.1 Å². The maximum Gasteiger partial charge on any atom is 0.168 e. The summed E-state index contributed by atoms with van der Waals surface area (Å²) in [6.45, 7) is 13.2. The molecule has 0 aliphatic carbocycles. The quantitative estimate of drug-likeness (QED) is 0.107. The Hall–Kier alpha value is -5.41. The highest BCUT2D eigenvalue weighted by Crippen LogP contribution is 2.40. The Bertz CT molecular complexity index is 2020. The van der Waals surface area contributed by atoms with Gasteiger partial charge in [0.2, 0.25) is 0 Å². The highest BCUT2D eigenvalue weighted by Gasteiger charge is 2.30. The molecule has 0 aliphatic rings. The van der Waals surface area contributed by atoms with E-state index in [-0.39, 0.29) is 16.6 Å². The first-order valence-corrected chi connectivity index (χ1v) is 18.9. The molecule has 6 rings (SSSR count). The summed E-state index contributed by atoms with van der Waals surface area (Å²) in [5.41, 5.74) is 10.8. The van der Waals surface area contributed by atoms with Crippen LogP contribution in [0.2, 0.25) is 0 Å². The molecule has 6 aromatic rings. The van der Waals surface area contributed by atoms with Gasteiger partial charge in [-0.2, -0.15) is 0 Å². The van der Waals surface area contributed by atoms with Gasteiger partial charge in [-0.15, -0.1) is 0 Å². The van der Waals surface area contributed by atoms with E-state index in [4.69, 9.17) is 0 Å². The van der Waals surface area contributed by atoms with Gasteiger partial charge < -0.3 is 9.80 Å². The zero-order valence-corrected chi connectivity index (χ0v) is 31.6. The van der Waals surface area contributed by atoms with Gasteiger partial charge in [-0.05, 0) is 133 Å². The molecule has 0 spiro atoms. The molecular formula is C49H52N2O. The van der Waals surface area contributed by atoms with E-state index in [0.29, 0.717) is 0 Å². The highest BCUT2D eigenvalue weighted by molar-refractivity contribution is 6.00. The third-order valence-electron chi connectivity index (χ3n) is 11.5. The number of Topliss-reactive ketones (excluding diaryl/α,β-unsaturated/α-hetero) is 1. The Kier molecular flexibility index (Phi) is 11.1. The van der Waals surface area contributed by atoms with Crippen molar-refractivity contribution in [2.75, 3.05) is 9.80 Å². The van der Waals surface area contributed by atoms with Gasteiger partial charge in [0.15, 0.2) is 5.78 Å². The van der Waals surface area contributed by atoms with E-state index in [1.54, 1.807) is 0 Å². The minimum Gasteiger partial charge on any atom is -0.311 e. The number of carbonyl (C=O) groups excluding carboxylic acids is 1. The average molecular weight is 685 g/mol. The second-order valence-corrected chi connectivity index (χ2v) is 14.4. The van der Waals surface area contributed by atoms with Gasteiger partial charge in [-0.3, -0.25) is 4.79 Å². The molecule has 52 heavy (non-hydrogen) atoms. The summed E-state index contributed by atoms with van der Waals surface area (Å²) in [6.07, 6.45) is 3.88. The van der Waals surface area contributed by atoms with E-state index < -0.39 is 0 Å². The zero-order chi connectivity index (χ0) is 36.7. The lowest BCUT2D eigenvalue weighted by molar-refractivity contribution is 0.0803. The van der Waals surface area contributed by atoms with E-state index in [9.17, 15) is 4.79 Å². The fourth-order valence-corrected chi connectivity index (χ4v) is 7.01. The lowest BCUT2D eigenvalue weighted by Crippen LogP contribution is -2.26. The van der Waals surface area contributed by atoms with Crippen molar-refractivity contribution >= 4 is 39.9 Å². The average Bonchev–Trinajstić information content (AvgIpc) is 3.22. The first kappa shape index (κ1) is 36.4. The molecule has 0 heterocycles. The molecule has 0 aromatic heterocycles. The van der Waals surface area contributed by atoms with Crippen molar-refractivity contribution in [3.63, 3.8) is 0 Å². The summed E-state index contributed by atoms with van der Waals surface area (Å²) in [5, 5.41) is 0. The van der Waals surface area contributed by atoms with Gasteiger partial charge in [0, 0.05) is 45.1 Å². The summed E-state index contributed by atoms with van der Waals surface area (Å²) >= 11 is 0. The standard InChI is InChI=1S/C49H52N2O/c1-7-48(5,8-2)40-27-35-46(36-28-40)51(42-19-15-12-16-20-42)44-31-23-38(24-32-44)37-21-29-43(30-22-37)50(41-17-13-11-14-18-41)45-33-25-39(26-34-45)47(52)49(6,9-3)10-4/h11-36H,7-10H2,1-6H3. The molecule has 0 saturated carbocycles. The second-order valence-electron chi connectivity index (χ2n) is 14.4. The smallest absolute Gasteiger partial charge is 0.168 e. The van der Waals surface area contributed by atoms with Crippen LogP contribution in [0.3, 0.4) is 0 Å². The Balaban J connectivity index is 1.28. The third-order valence-corrected chi connectivity index (χ3v) is 11.5. The number of rotatable bonds is 14. The number of nitrogens with zero attached hydrogens (tertiary/aromatic N) is 2. The van der Waals surface area contributed by atoms with Crippen LogP contribution in [-0.2, 0) is 5.41 Å². The molecular weight excluding hydrogens is 633 g/mol. The minimum absolute atomic E-state index is 0.182. The van der Waals surface area contributed by atoms with E-state index in [2.05, 4.69) is 191 Å². The van der Waals surface area contributed by atoms with Crippen molar-refractivity contribution in [1.82, 2.24) is 0 Å². The minimum atomic E-state index is -0.342. The van der Waals surface area contributed by atoms with Crippen LogP contribution in [0, 0.1) is 5.41 Å². The van der Waals surface area contributed by atoms with Crippen LogP contribution in [0.25, 0.3) is 11.1 Å². The van der Waals surface area contributed by atoms with Crippen LogP contribution in [0.5, 0.6) is 0 Å². The Morgan fingerprint density at radius 2 is 0.750 bits per heavy atom. The van der Waals surface area contributed by atoms with Gasteiger partial charge in [0.25, 0.3) is 0 Å². The van der Waals surface area contributed by atoms with Crippen LogP contribution in [0.4, 0.5) is 34.1 Å². The summed E-state index contributed by atoms with van der Waals surface area (Å²) in [5.74, 6) is 0.210. The van der Waals surface area contributed by atoms with Crippen molar-refractivity contribution in [2.24, 2.45) is 5.41 Å². The van der Waals surface area contributed by atoms with E-state index in [1.807, 2.05) is 18.2 Å². The monoisotopic (exact) mass is 684 g/mol. The zero-order valence-electron chi connectivity index (χ0n) is 31.6. The topological polar surface area (TPSA) is 23.6 Å². The van der Waals surface area contributed by atoms with Gasteiger partial charge in [-0.1, -0.05) is 114 Å². The molecule has 0 radical (unpaired) electrons. The number of hydrogen-bond acceptors (Lipinski definition) is 3. The maximum absolute atomic E-state index is 13.4. The molecule has 3 nitrogen and oxygen atoms in total. The number of anilines is 6. The molecule has 0 N–H and O–H groups in total. The van der Waals surface area contributed by atoms with Gasteiger partial charge in [0.05, 0.1) is 0 Å². The molecule has 0 amide bonds. The van der Waals surface area contributed by atoms with Crippen LogP contribution in [-0.4, -0.2) is 5.78 Å². The molecule has 0 unspecified atom stereocenters. The van der Waals surface area contributed by atoms with Crippen molar-refractivity contribution < 1.29 is 4.79 Å². The Labute approximate surface area is 311 Å². The van der Waals surface area contributed by atoms with Crippen LogP contribution < -0.4 is 9.80 Å². The highest BCUT2D eigenvalue weighted by atomic mass is 16.1. The number of hydrogen-bond donors (Lipinski definition) is 0. The first-order valence-electron chi connectivity index (χ1n) is 18.9. The van der Waals surface area contributed by atoms with Crippen molar-refractivity contribution in [1.29, 1.82) is 0 Å². The Morgan fingerprint density at radius 3 is 1.10 bits per heavy atom. The second kappa shape index (κ2) is 15.9. The molecule has 0 bridgehead atoms. The maximum atomic E-state index is 13.4. The largest absolute Gasteiger partial charge is 0.311 e. The first-order chi connectivity index (χ1) is 25.2. The fourth-order valence-electron chi connectivity index (χ4n) is 7.01. The molecule has 264 valence electrons. The van der Waals surface area contributed by atoms with Crippen molar-refractivity contribution in [3.05, 3.63) is 169 Å².